The first-order chi connectivity index (χ1) is 15.9. The molecule has 182 valence electrons. The van der Waals surface area contributed by atoms with Gasteiger partial charge in [0.05, 0.1) is 5.52 Å². The van der Waals surface area contributed by atoms with E-state index in [1.807, 2.05) is 13.8 Å². The number of hydrogen-bond donors (Lipinski definition) is 3. The third-order valence-corrected chi connectivity index (χ3v) is 5.74. The van der Waals surface area contributed by atoms with E-state index in [-0.39, 0.29) is 23.1 Å². The number of amides is 2. The summed E-state index contributed by atoms with van der Waals surface area (Å²) < 4.78 is 1.50. The number of hydrogen-bond acceptors (Lipinski definition) is 4. The summed E-state index contributed by atoms with van der Waals surface area (Å²) in [6.45, 7) is 6.56. The molecule has 0 atom stereocenters. The first-order valence-electron chi connectivity index (χ1n) is 12.3. The summed E-state index contributed by atoms with van der Waals surface area (Å²) in [5.74, 6) is -1.33. The number of para-hydroxylation sites is 1. The zero-order valence-electron chi connectivity index (χ0n) is 20.3. The summed E-state index contributed by atoms with van der Waals surface area (Å²) in [4.78, 5) is 37.8. The van der Waals surface area contributed by atoms with Gasteiger partial charge in [0.25, 0.3) is 11.5 Å². The van der Waals surface area contributed by atoms with Crippen molar-refractivity contribution >= 4 is 22.7 Å². The highest BCUT2D eigenvalue weighted by Gasteiger charge is 2.22. The third kappa shape index (κ3) is 7.91. The van der Waals surface area contributed by atoms with Gasteiger partial charge in [-0.1, -0.05) is 84.3 Å². The lowest BCUT2D eigenvalue weighted by Crippen LogP contribution is -2.44. The molecule has 33 heavy (non-hydrogen) atoms. The number of carbonyl (C=O) groups excluding carboxylic acids is 2. The zero-order chi connectivity index (χ0) is 24.2. The van der Waals surface area contributed by atoms with Crippen LogP contribution in [0.4, 0.5) is 0 Å². The summed E-state index contributed by atoms with van der Waals surface area (Å²) >= 11 is 0. The molecule has 1 aromatic carbocycles. The van der Waals surface area contributed by atoms with Crippen molar-refractivity contribution in [2.24, 2.45) is 5.92 Å². The minimum atomic E-state index is -0.818. The van der Waals surface area contributed by atoms with Crippen LogP contribution >= 0.6 is 0 Å². The number of nitrogens with one attached hydrogen (secondary N) is 2. The quantitative estimate of drug-likeness (QED) is 0.290. The third-order valence-electron chi connectivity index (χ3n) is 5.74. The van der Waals surface area contributed by atoms with Crippen LogP contribution < -0.4 is 16.4 Å². The Bertz CT molecular complexity index is 981. The van der Waals surface area contributed by atoms with Crippen LogP contribution in [0.3, 0.4) is 0 Å². The Morgan fingerprint density at radius 3 is 2.18 bits per heavy atom. The molecule has 1 heterocycles. The normalized spacial score (nSPS) is 11.2. The van der Waals surface area contributed by atoms with Crippen molar-refractivity contribution in [3.05, 3.63) is 40.2 Å². The van der Waals surface area contributed by atoms with E-state index < -0.39 is 11.5 Å². The minimum absolute atomic E-state index is 0.169. The molecule has 0 saturated heterocycles. The molecule has 2 amide bonds. The fraction of sp³-hybridized carbons (Fsp3) is 0.577. The van der Waals surface area contributed by atoms with Gasteiger partial charge in [0.15, 0.2) is 0 Å². The standard InChI is InChI=1S/C26H39N3O4/c1-4-5-6-7-8-9-10-11-12-17-22(30)27-28-25(32)23-24(31)20-15-13-14-16-21(20)29(26(23)33)18-19(2)3/h13-16,19,31H,4-12,17-18H2,1-3H3,(H,27,30)(H,28,32). The lowest BCUT2D eigenvalue weighted by Gasteiger charge is -2.16. The van der Waals surface area contributed by atoms with Gasteiger partial charge in [-0.05, 0) is 24.5 Å². The van der Waals surface area contributed by atoms with Crippen LogP contribution in [-0.2, 0) is 11.3 Å². The average Bonchev–Trinajstić information content (AvgIpc) is 2.79. The Morgan fingerprint density at radius 2 is 1.55 bits per heavy atom. The summed E-state index contributed by atoms with van der Waals surface area (Å²) in [7, 11) is 0. The van der Waals surface area contributed by atoms with Crippen LogP contribution in [0.25, 0.3) is 10.9 Å². The summed E-state index contributed by atoms with van der Waals surface area (Å²) in [6.07, 6.45) is 10.7. The fourth-order valence-corrected chi connectivity index (χ4v) is 3.99. The van der Waals surface area contributed by atoms with E-state index in [2.05, 4.69) is 17.8 Å². The molecule has 0 aliphatic rings. The van der Waals surface area contributed by atoms with E-state index in [0.717, 1.165) is 19.3 Å². The van der Waals surface area contributed by atoms with E-state index in [9.17, 15) is 19.5 Å². The van der Waals surface area contributed by atoms with Crippen LogP contribution in [0.5, 0.6) is 5.75 Å². The topological polar surface area (TPSA) is 100 Å². The molecule has 0 saturated carbocycles. The van der Waals surface area contributed by atoms with Crippen molar-refractivity contribution in [2.75, 3.05) is 0 Å². The number of carbonyl (C=O) groups is 2. The van der Waals surface area contributed by atoms with Gasteiger partial charge in [-0.15, -0.1) is 0 Å². The van der Waals surface area contributed by atoms with Crippen molar-refractivity contribution in [2.45, 2.75) is 91.5 Å². The van der Waals surface area contributed by atoms with Crippen molar-refractivity contribution in [1.29, 1.82) is 0 Å². The predicted molar refractivity (Wildman–Crippen MR) is 132 cm³/mol. The number of benzene rings is 1. The van der Waals surface area contributed by atoms with E-state index in [1.54, 1.807) is 24.3 Å². The second-order valence-electron chi connectivity index (χ2n) is 9.13. The molecule has 3 N–H and O–H groups in total. The van der Waals surface area contributed by atoms with Crippen molar-refractivity contribution in [3.63, 3.8) is 0 Å². The maximum Gasteiger partial charge on any atom is 0.279 e. The van der Waals surface area contributed by atoms with Crippen molar-refractivity contribution in [3.8, 4) is 5.75 Å². The van der Waals surface area contributed by atoms with E-state index in [0.29, 0.717) is 23.9 Å². The number of fused-ring (bicyclic) bond motifs is 1. The van der Waals surface area contributed by atoms with Gasteiger partial charge in [-0.2, -0.15) is 0 Å². The van der Waals surface area contributed by atoms with Crippen LogP contribution in [0.15, 0.2) is 29.1 Å². The largest absolute Gasteiger partial charge is 0.506 e. The van der Waals surface area contributed by atoms with Crippen molar-refractivity contribution < 1.29 is 14.7 Å². The molecular formula is C26H39N3O4. The first-order valence-corrected chi connectivity index (χ1v) is 12.3. The minimum Gasteiger partial charge on any atom is -0.506 e. The Labute approximate surface area is 196 Å². The number of aromatic nitrogens is 1. The number of aromatic hydroxyl groups is 1. The van der Waals surface area contributed by atoms with Crippen LogP contribution in [0.1, 0.15) is 95.3 Å². The molecule has 2 aromatic rings. The number of rotatable bonds is 13. The van der Waals surface area contributed by atoms with Gasteiger partial charge in [-0.3, -0.25) is 25.2 Å². The first kappa shape index (κ1) is 26.4. The molecular weight excluding hydrogens is 418 g/mol. The Balaban J connectivity index is 1.90. The monoisotopic (exact) mass is 457 g/mol. The Morgan fingerprint density at radius 1 is 0.939 bits per heavy atom. The van der Waals surface area contributed by atoms with E-state index in [1.165, 1.54) is 43.1 Å². The molecule has 1 aromatic heterocycles. The summed E-state index contributed by atoms with van der Waals surface area (Å²) in [6, 6.07) is 6.93. The molecule has 0 spiro atoms. The Kier molecular flexibility index (Phi) is 10.9. The van der Waals surface area contributed by atoms with Crippen LogP contribution in [0, 0.1) is 5.92 Å². The van der Waals surface area contributed by atoms with Crippen LogP contribution in [-0.4, -0.2) is 21.5 Å². The predicted octanol–water partition coefficient (Wildman–Crippen LogP) is 5.05. The zero-order valence-corrected chi connectivity index (χ0v) is 20.3. The van der Waals surface area contributed by atoms with Gasteiger partial charge in [0.2, 0.25) is 5.91 Å². The molecule has 0 radical (unpaired) electrons. The van der Waals surface area contributed by atoms with Gasteiger partial charge >= 0.3 is 0 Å². The SMILES string of the molecule is CCCCCCCCCCCC(=O)NNC(=O)c1c(O)c2ccccc2n(CC(C)C)c1=O. The van der Waals surface area contributed by atoms with E-state index >= 15 is 0 Å². The number of hydrazine groups is 1. The second kappa shape index (κ2) is 13.7. The molecule has 0 unspecified atom stereocenters. The summed E-state index contributed by atoms with van der Waals surface area (Å²) in [5.41, 5.74) is 4.29. The molecule has 0 aliphatic heterocycles. The van der Waals surface area contributed by atoms with Gasteiger partial charge < -0.3 is 9.67 Å². The number of unbranched alkanes of at least 4 members (excludes halogenated alkanes) is 8. The van der Waals surface area contributed by atoms with Crippen molar-refractivity contribution in [1.82, 2.24) is 15.4 Å². The Hall–Kier alpha value is -2.83. The summed E-state index contributed by atoms with van der Waals surface area (Å²) in [5, 5.41) is 11.0. The highest BCUT2D eigenvalue weighted by Crippen LogP contribution is 2.26. The van der Waals surface area contributed by atoms with Crippen LogP contribution in [0.2, 0.25) is 0 Å². The molecule has 7 nitrogen and oxygen atoms in total. The smallest absolute Gasteiger partial charge is 0.279 e. The highest BCUT2D eigenvalue weighted by atomic mass is 16.3. The molecule has 0 bridgehead atoms. The van der Waals surface area contributed by atoms with Gasteiger partial charge in [0.1, 0.15) is 11.3 Å². The van der Waals surface area contributed by atoms with Gasteiger partial charge in [-0.25, -0.2) is 0 Å². The number of nitrogens with zero attached hydrogens (tertiary/aromatic N) is 1. The fourth-order valence-electron chi connectivity index (χ4n) is 3.99. The highest BCUT2D eigenvalue weighted by molar-refractivity contribution is 6.02. The average molecular weight is 458 g/mol. The molecule has 2 rings (SSSR count). The van der Waals surface area contributed by atoms with E-state index in [4.69, 9.17) is 0 Å². The lowest BCUT2D eigenvalue weighted by molar-refractivity contribution is -0.122. The molecule has 7 heteroatoms. The lowest BCUT2D eigenvalue weighted by atomic mass is 10.1. The van der Waals surface area contributed by atoms with Gasteiger partial charge in [0, 0.05) is 18.4 Å². The maximum atomic E-state index is 13.0. The molecule has 0 aliphatic carbocycles. The molecule has 0 fully saturated rings. The number of pyridine rings is 1. The maximum absolute atomic E-state index is 13.0. The second-order valence-corrected chi connectivity index (χ2v) is 9.13.